The first-order valence-corrected chi connectivity index (χ1v) is 5.16. The topological polar surface area (TPSA) is 61.4 Å². The van der Waals surface area contributed by atoms with Gasteiger partial charge in [-0.05, 0) is 24.3 Å². The van der Waals surface area contributed by atoms with Gasteiger partial charge in [0.25, 0.3) is 0 Å². The summed E-state index contributed by atoms with van der Waals surface area (Å²) in [4.78, 5) is 22.5. The Balaban J connectivity index is 1.97. The van der Waals surface area contributed by atoms with Crippen LogP contribution >= 0.6 is 11.6 Å². The van der Waals surface area contributed by atoms with Crippen LogP contribution in [0.15, 0.2) is 24.3 Å². The van der Waals surface area contributed by atoms with Crippen LogP contribution in [0.25, 0.3) is 0 Å². The Bertz CT molecular complexity index is 419. The number of carbonyl (C=O) groups is 2. The number of nitrogens with one attached hydrogen (secondary N) is 2. The van der Waals surface area contributed by atoms with Gasteiger partial charge in [0.1, 0.15) is 0 Å². The van der Waals surface area contributed by atoms with Gasteiger partial charge in [0.05, 0.1) is 6.54 Å². The molecular formula is C10H10ClN3O2. The van der Waals surface area contributed by atoms with E-state index < -0.39 is 0 Å². The highest BCUT2D eigenvalue weighted by Crippen LogP contribution is 2.14. The monoisotopic (exact) mass is 239 g/mol. The molecule has 1 saturated heterocycles. The van der Waals surface area contributed by atoms with Crippen LogP contribution < -0.4 is 10.7 Å². The molecule has 0 aliphatic carbocycles. The van der Waals surface area contributed by atoms with Crippen molar-refractivity contribution in [2.24, 2.45) is 0 Å². The maximum absolute atomic E-state index is 11.6. The van der Waals surface area contributed by atoms with Crippen molar-refractivity contribution in [2.45, 2.75) is 6.42 Å². The van der Waals surface area contributed by atoms with Gasteiger partial charge in [-0.2, -0.15) is 0 Å². The number of hydrogen-bond acceptors (Lipinski definition) is 2. The molecule has 1 aromatic rings. The first kappa shape index (κ1) is 10.8. The van der Waals surface area contributed by atoms with E-state index in [2.05, 4.69) is 10.7 Å². The number of halogens is 1. The summed E-state index contributed by atoms with van der Waals surface area (Å²) in [6, 6.07) is 6.39. The molecule has 0 saturated carbocycles. The number of carbonyl (C=O) groups excluding carboxylic acids is 2. The molecule has 3 amide bonds. The number of benzene rings is 1. The fourth-order valence-corrected chi connectivity index (χ4v) is 1.48. The van der Waals surface area contributed by atoms with Crippen LogP contribution in [0.5, 0.6) is 0 Å². The second kappa shape index (κ2) is 4.40. The molecular weight excluding hydrogens is 230 g/mol. The molecule has 0 spiro atoms. The van der Waals surface area contributed by atoms with E-state index >= 15 is 0 Å². The molecule has 0 atom stereocenters. The predicted molar refractivity (Wildman–Crippen MR) is 59.9 cm³/mol. The highest BCUT2D eigenvalue weighted by molar-refractivity contribution is 6.30. The average Bonchev–Trinajstić information content (AvgIpc) is 2.68. The van der Waals surface area contributed by atoms with Crippen molar-refractivity contribution in [1.82, 2.24) is 10.4 Å². The van der Waals surface area contributed by atoms with Crippen LogP contribution in [0.4, 0.5) is 10.5 Å². The normalized spacial score (nSPS) is 14.8. The molecule has 16 heavy (non-hydrogen) atoms. The van der Waals surface area contributed by atoms with E-state index in [1.165, 1.54) is 5.01 Å². The molecule has 84 valence electrons. The van der Waals surface area contributed by atoms with Gasteiger partial charge in [0, 0.05) is 17.1 Å². The highest BCUT2D eigenvalue weighted by Gasteiger charge is 2.22. The SMILES string of the molecule is O=C1CCN(C(=O)Nc2ccc(Cl)cc2)N1. The lowest BCUT2D eigenvalue weighted by Crippen LogP contribution is -2.41. The van der Waals surface area contributed by atoms with Crippen LogP contribution in [0.3, 0.4) is 0 Å². The van der Waals surface area contributed by atoms with Gasteiger partial charge in [0.15, 0.2) is 0 Å². The van der Waals surface area contributed by atoms with Crippen molar-refractivity contribution in [3.05, 3.63) is 29.3 Å². The molecule has 5 nitrogen and oxygen atoms in total. The minimum Gasteiger partial charge on any atom is -0.306 e. The lowest BCUT2D eigenvalue weighted by atomic mass is 10.3. The summed E-state index contributed by atoms with van der Waals surface area (Å²) in [6.45, 7) is 0.387. The number of urea groups is 1. The molecule has 1 heterocycles. The summed E-state index contributed by atoms with van der Waals surface area (Å²) in [7, 11) is 0. The number of hydrogen-bond donors (Lipinski definition) is 2. The summed E-state index contributed by atoms with van der Waals surface area (Å²) < 4.78 is 0. The number of anilines is 1. The predicted octanol–water partition coefficient (Wildman–Crippen LogP) is 1.61. The Hall–Kier alpha value is -1.75. The Morgan fingerprint density at radius 3 is 2.62 bits per heavy atom. The molecule has 0 unspecified atom stereocenters. The third kappa shape index (κ3) is 2.43. The van der Waals surface area contributed by atoms with Gasteiger partial charge in [-0.15, -0.1) is 0 Å². The fourth-order valence-electron chi connectivity index (χ4n) is 1.35. The minimum atomic E-state index is -0.354. The summed E-state index contributed by atoms with van der Waals surface area (Å²) >= 11 is 5.71. The first-order valence-electron chi connectivity index (χ1n) is 4.79. The molecule has 1 aliphatic rings. The van der Waals surface area contributed by atoms with Crippen molar-refractivity contribution in [3.8, 4) is 0 Å². The zero-order chi connectivity index (χ0) is 11.5. The van der Waals surface area contributed by atoms with Crippen LogP contribution in [0.2, 0.25) is 5.02 Å². The summed E-state index contributed by atoms with van der Waals surface area (Å²) in [5.74, 6) is -0.147. The van der Waals surface area contributed by atoms with E-state index in [0.29, 0.717) is 23.7 Å². The van der Waals surface area contributed by atoms with Crippen molar-refractivity contribution in [1.29, 1.82) is 0 Å². The Labute approximate surface area is 97.3 Å². The van der Waals surface area contributed by atoms with Crippen molar-refractivity contribution in [2.75, 3.05) is 11.9 Å². The van der Waals surface area contributed by atoms with Gasteiger partial charge < -0.3 is 5.32 Å². The molecule has 0 radical (unpaired) electrons. The van der Waals surface area contributed by atoms with E-state index in [0.717, 1.165) is 0 Å². The van der Waals surface area contributed by atoms with Gasteiger partial charge >= 0.3 is 6.03 Å². The number of hydrazine groups is 1. The zero-order valence-corrected chi connectivity index (χ0v) is 9.12. The average molecular weight is 240 g/mol. The molecule has 6 heteroatoms. The van der Waals surface area contributed by atoms with Gasteiger partial charge in [0.2, 0.25) is 5.91 Å². The molecule has 1 fully saturated rings. The van der Waals surface area contributed by atoms with E-state index in [9.17, 15) is 9.59 Å². The maximum Gasteiger partial charge on any atom is 0.340 e. The van der Waals surface area contributed by atoms with Crippen LogP contribution in [0.1, 0.15) is 6.42 Å². The Morgan fingerprint density at radius 1 is 1.38 bits per heavy atom. The van der Waals surface area contributed by atoms with Crippen molar-refractivity contribution >= 4 is 29.2 Å². The quantitative estimate of drug-likeness (QED) is 0.782. The van der Waals surface area contributed by atoms with Crippen molar-refractivity contribution in [3.63, 3.8) is 0 Å². The molecule has 1 aromatic carbocycles. The standard InChI is InChI=1S/C10H10ClN3O2/c11-7-1-3-8(4-2-7)12-10(16)14-6-5-9(15)13-14/h1-4H,5-6H2,(H,12,16)(H,13,15). The summed E-state index contributed by atoms with van der Waals surface area (Å²) in [5.41, 5.74) is 3.08. The lowest BCUT2D eigenvalue weighted by molar-refractivity contribution is -0.120. The van der Waals surface area contributed by atoms with E-state index in [1.54, 1.807) is 24.3 Å². The third-order valence-corrected chi connectivity index (χ3v) is 2.41. The fraction of sp³-hybridized carbons (Fsp3) is 0.200. The second-order valence-electron chi connectivity index (χ2n) is 3.37. The van der Waals surface area contributed by atoms with E-state index in [4.69, 9.17) is 11.6 Å². The highest BCUT2D eigenvalue weighted by atomic mass is 35.5. The van der Waals surface area contributed by atoms with E-state index in [-0.39, 0.29) is 11.9 Å². The molecule has 1 aliphatic heterocycles. The smallest absolute Gasteiger partial charge is 0.306 e. The van der Waals surface area contributed by atoms with E-state index in [1.807, 2.05) is 0 Å². The zero-order valence-electron chi connectivity index (χ0n) is 8.37. The third-order valence-electron chi connectivity index (χ3n) is 2.16. The minimum absolute atomic E-state index is 0.147. The van der Waals surface area contributed by atoms with Gasteiger partial charge in [-0.1, -0.05) is 11.6 Å². The largest absolute Gasteiger partial charge is 0.340 e. The van der Waals surface area contributed by atoms with Crippen molar-refractivity contribution < 1.29 is 9.59 Å². The molecule has 2 N–H and O–H groups in total. The lowest BCUT2D eigenvalue weighted by Gasteiger charge is -2.15. The first-order chi connectivity index (χ1) is 7.65. The van der Waals surface area contributed by atoms with Crippen LogP contribution in [-0.4, -0.2) is 23.5 Å². The molecule has 2 rings (SSSR count). The number of rotatable bonds is 1. The molecule has 0 bridgehead atoms. The number of nitrogens with zero attached hydrogens (tertiary/aromatic N) is 1. The molecule has 0 aromatic heterocycles. The summed E-state index contributed by atoms with van der Waals surface area (Å²) in [5, 5.41) is 4.50. The number of amides is 3. The summed E-state index contributed by atoms with van der Waals surface area (Å²) in [6.07, 6.45) is 0.341. The van der Waals surface area contributed by atoms with Crippen LogP contribution in [0, 0.1) is 0 Å². The van der Waals surface area contributed by atoms with Gasteiger partial charge in [-0.3, -0.25) is 10.2 Å². The van der Waals surface area contributed by atoms with Crippen LogP contribution in [-0.2, 0) is 4.79 Å². The Morgan fingerprint density at radius 2 is 2.06 bits per heavy atom. The maximum atomic E-state index is 11.6. The Kier molecular flexibility index (Phi) is 2.96. The second-order valence-corrected chi connectivity index (χ2v) is 3.81. The van der Waals surface area contributed by atoms with Gasteiger partial charge in [-0.25, -0.2) is 9.80 Å².